The summed E-state index contributed by atoms with van der Waals surface area (Å²) in [4.78, 5) is 36.8. The van der Waals surface area contributed by atoms with E-state index >= 15 is 0 Å². The molecule has 0 bridgehead atoms. The molecule has 164 valence electrons. The van der Waals surface area contributed by atoms with E-state index in [2.05, 4.69) is 14.9 Å². The summed E-state index contributed by atoms with van der Waals surface area (Å²) >= 11 is 0. The Bertz CT molecular complexity index is 1480. The fraction of sp³-hybridized carbons (Fsp3) is 0.304. The molecule has 2 aromatic carbocycles. The Morgan fingerprint density at radius 1 is 0.969 bits per heavy atom. The number of piperidine rings is 1. The van der Waals surface area contributed by atoms with Gasteiger partial charge in [0.2, 0.25) is 0 Å². The Hall–Kier alpha value is -3.88. The van der Waals surface area contributed by atoms with E-state index in [0.29, 0.717) is 53.6 Å². The number of nitrogens with zero attached hydrogens (tertiary/aromatic N) is 5. The average Bonchev–Trinajstić information content (AvgIpc) is 2.79. The normalized spacial score (nSPS) is 15.0. The molecule has 1 aliphatic rings. The summed E-state index contributed by atoms with van der Waals surface area (Å²) in [6.45, 7) is 3.09. The van der Waals surface area contributed by atoms with Gasteiger partial charge in [-0.15, -0.1) is 0 Å². The summed E-state index contributed by atoms with van der Waals surface area (Å²) in [6.07, 6.45) is 2.62. The van der Waals surface area contributed by atoms with E-state index in [0.717, 1.165) is 5.56 Å². The van der Waals surface area contributed by atoms with Gasteiger partial charge in [0.25, 0.3) is 5.56 Å². The van der Waals surface area contributed by atoms with Gasteiger partial charge < -0.3 is 15.1 Å². The molecule has 1 aliphatic heterocycles. The molecule has 0 atom stereocenters. The molecule has 0 unspecified atom stereocenters. The molecule has 1 fully saturated rings. The molecule has 5 rings (SSSR count). The topological polar surface area (TPSA) is 113 Å². The minimum absolute atomic E-state index is 0.215. The lowest BCUT2D eigenvalue weighted by Gasteiger charge is -2.34. The maximum atomic E-state index is 13.2. The summed E-state index contributed by atoms with van der Waals surface area (Å²) in [5.41, 5.74) is 1.58. The monoisotopic (exact) mass is 433 g/mol. The third kappa shape index (κ3) is 3.08. The molecule has 0 saturated carbocycles. The number of fused-ring (bicyclic) bond motifs is 2. The van der Waals surface area contributed by atoms with Crippen LogP contribution in [0, 0.1) is 6.92 Å². The molecule has 2 aromatic heterocycles. The highest BCUT2D eigenvalue weighted by Crippen LogP contribution is 2.34. The summed E-state index contributed by atoms with van der Waals surface area (Å²) in [5.74, 6) is 0.186. The molecule has 0 radical (unpaired) electrons. The highest BCUT2D eigenvalue weighted by Gasteiger charge is 2.26. The van der Waals surface area contributed by atoms with Gasteiger partial charge in [0.15, 0.2) is 11.5 Å². The molecule has 0 aliphatic carbocycles. The number of benzene rings is 2. The van der Waals surface area contributed by atoms with Gasteiger partial charge in [-0.05, 0) is 38.0 Å². The zero-order chi connectivity index (χ0) is 22.6. The van der Waals surface area contributed by atoms with E-state index < -0.39 is 0 Å². The minimum Gasteiger partial charge on any atom is -0.504 e. The van der Waals surface area contributed by atoms with Crippen LogP contribution in [0.15, 0.2) is 46.2 Å². The van der Waals surface area contributed by atoms with Crippen LogP contribution >= 0.6 is 0 Å². The first kappa shape index (κ1) is 20.0. The van der Waals surface area contributed by atoms with Gasteiger partial charge in [0.05, 0.1) is 16.4 Å². The van der Waals surface area contributed by atoms with Crippen LogP contribution in [0.25, 0.3) is 21.8 Å². The number of phenols is 2. The summed E-state index contributed by atoms with van der Waals surface area (Å²) in [5, 5.41) is 20.9. The standard InChI is InChI=1S/C23H23N5O4/c1-13-3-4-18-16(9-13)22(31)28(23(32)26(18)2)14-5-7-27(8-6-14)21-15-10-19(29)20(30)11-17(15)24-12-25-21/h3-4,9-12,14,29-30H,5-8H2,1-2H3. The lowest BCUT2D eigenvalue weighted by atomic mass is 10.0. The van der Waals surface area contributed by atoms with Gasteiger partial charge in [0, 0.05) is 37.6 Å². The number of aromatic nitrogens is 4. The van der Waals surface area contributed by atoms with Crippen molar-refractivity contribution in [3.05, 3.63) is 63.1 Å². The largest absolute Gasteiger partial charge is 0.504 e. The molecular weight excluding hydrogens is 410 g/mol. The van der Waals surface area contributed by atoms with Crippen LogP contribution in [-0.2, 0) is 7.05 Å². The average molecular weight is 433 g/mol. The maximum absolute atomic E-state index is 13.2. The van der Waals surface area contributed by atoms with Crippen LogP contribution < -0.4 is 16.1 Å². The van der Waals surface area contributed by atoms with E-state index in [1.165, 1.54) is 27.6 Å². The van der Waals surface area contributed by atoms with Gasteiger partial charge in [0.1, 0.15) is 12.1 Å². The van der Waals surface area contributed by atoms with E-state index in [9.17, 15) is 19.8 Å². The smallest absolute Gasteiger partial charge is 0.331 e. The second-order valence-electron chi connectivity index (χ2n) is 8.31. The van der Waals surface area contributed by atoms with Crippen LogP contribution in [0.2, 0.25) is 0 Å². The van der Waals surface area contributed by atoms with Crippen molar-refractivity contribution in [1.29, 1.82) is 0 Å². The highest BCUT2D eigenvalue weighted by molar-refractivity contribution is 5.91. The first-order valence-electron chi connectivity index (χ1n) is 10.5. The Morgan fingerprint density at radius 2 is 1.69 bits per heavy atom. The Labute approximate surface area is 182 Å². The quantitative estimate of drug-likeness (QED) is 0.466. The van der Waals surface area contributed by atoms with Crippen LogP contribution in [0.4, 0.5) is 5.82 Å². The fourth-order valence-corrected chi connectivity index (χ4v) is 4.57. The zero-order valence-electron chi connectivity index (χ0n) is 17.8. The Kier molecular flexibility index (Phi) is 4.61. The van der Waals surface area contributed by atoms with Crippen LogP contribution in [-0.4, -0.2) is 42.4 Å². The van der Waals surface area contributed by atoms with Crippen LogP contribution in [0.3, 0.4) is 0 Å². The van der Waals surface area contributed by atoms with Crippen molar-refractivity contribution in [1.82, 2.24) is 19.1 Å². The predicted octanol–water partition coefficient (Wildman–Crippen LogP) is 2.20. The molecule has 9 nitrogen and oxygen atoms in total. The number of rotatable bonds is 2. The number of hydrogen-bond donors (Lipinski definition) is 2. The molecular formula is C23H23N5O4. The van der Waals surface area contributed by atoms with Crippen LogP contribution in [0.1, 0.15) is 24.4 Å². The molecule has 0 spiro atoms. The molecule has 2 N–H and O–H groups in total. The van der Waals surface area contributed by atoms with E-state index in [1.807, 2.05) is 25.1 Å². The van der Waals surface area contributed by atoms with Gasteiger partial charge in [-0.1, -0.05) is 11.6 Å². The highest BCUT2D eigenvalue weighted by atomic mass is 16.3. The lowest BCUT2D eigenvalue weighted by Crippen LogP contribution is -2.45. The number of aryl methyl sites for hydroxylation is 2. The van der Waals surface area contributed by atoms with Crippen molar-refractivity contribution >= 4 is 27.6 Å². The second kappa shape index (κ2) is 7.37. The van der Waals surface area contributed by atoms with E-state index in [-0.39, 0.29) is 28.8 Å². The van der Waals surface area contributed by atoms with Crippen molar-refractivity contribution in [3.63, 3.8) is 0 Å². The summed E-state index contributed by atoms with van der Waals surface area (Å²) < 4.78 is 2.93. The first-order chi connectivity index (χ1) is 15.3. The lowest BCUT2D eigenvalue weighted by molar-refractivity contribution is 0.371. The molecule has 9 heteroatoms. The third-order valence-corrected chi connectivity index (χ3v) is 6.30. The van der Waals surface area contributed by atoms with Gasteiger partial charge in [-0.2, -0.15) is 0 Å². The van der Waals surface area contributed by atoms with Gasteiger partial charge >= 0.3 is 5.69 Å². The molecule has 1 saturated heterocycles. The van der Waals surface area contributed by atoms with Crippen molar-refractivity contribution in [2.45, 2.75) is 25.8 Å². The summed E-state index contributed by atoms with van der Waals surface area (Å²) in [6, 6.07) is 8.19. The molecule has 3 heterocycles. The number of phenolic OH excluding ortho intramolecular Hbond substituents is 2. The second-order valence-corrected chi connectivity index (χ2v) is 8.31. The summed E-state index contributed by atoms with van der Waals surface area (Å²) in [7, 11) is 1.69. The maximum Gasteiger partial charge on any atom is 0.331 e. The van der Waals surface area contributed by atoms with Crippen molar-refractivity contribution in [2.75, 3.05) is 18.0 Å². The number of hydrogen-bond acceptors (Lipinski definition) is 7. The molecule has 32 heavy (non-hydrogen) atoms. The first-order valence-corrected chi connectivity index (χ1v) is 10.5. The Balaban J connectivity index is 1.49. The zero-order valence-corrected chi connectivity index (χ0v) is 17.8. The van der Waals surface area contributed by atoms with Gasteiger partial charge in [-0.3, -0.25) is 13.9 Å². The molecule has 4 aromatic rings. The fourth-order valence-electron chi connectivity index (χ4n) is 4.57. The molecule has 0 amide bonds. The van der Waals surface area contributed by atoms with Crippen LogP contribution in [0.5, 0.6) is 11.5 Å². The number of aromatic hydroxyl groups is 2. The van der Waals surface area contributed by atoms with Crippen molar-refractivity contribution in [2.24, 2.45) is 7.05 Å². The SMILES string of the molecule is Cc1ccc2c(c1)c(=O)n(C1CCN(c3ncnc4cc(O)c(O)cc34)CC1)c(=O)n2C. The minimum atomic E-state index is -0.308. The van der Waals surface area contributed by atoms with E-state index in [1.54, 1.807) is 7.05 Å². The Morgan fingerprint density at radius 3 is 2.44 bits per heavy atom. The number of anilines is 1. The predicted molar refractivity (Wildman–Crippen MR) is 122 cm³/mol. The van der Waals surface area contributed by atoms with Crippen molar-refractivity contribution < 1.29 is 10.2 Å². The van der Waals surface area contributed by atoms with Gasteiger partial charge in [-0.25, -0.2) is 14.8 Å². The van der Waals surface area contributed by atoms with E-state index in [4.69, 9.17) is 0 Å². The third-order valence-electron chi connectivity index (χ3n) is 6.30. The van der Waals surface area contributed by atoms with Crippen molar-refractivity contribution in [3.8, 4) is 11.5 Å².